The van der Waals surface area contributed by atoms with Gasteiger partial charge in [0.05, 0.1) is 12.7 Å². The molecule has 0 aromatic heterocycles. The highest BCUT2D eigenvalue weighted by atomic mass is 79.9. The molecule has 2 nitrogen and oxygen atoms in total. The minimum absolute atomic E-state index is 0.260. The van der Waals surface area contributed by atoms with Crippen molar-refractivity contribution in [1.29, 1.82) is 0 Å². The van der Waals surface area contributed by atoms with Crippen molar-refractivity contribution < 1.29 is 9.84 Å². The van der Waals surface area contributed by atoms with Crippen LogP contribution in [0.15, 0.2) is 33.6 Å². The highest BCUT2D eigenvalue weighted by molar-refractivity contribution is 9.10. The average molecular weight is 317 g/mol. The van der Waals surface area contributed by atoms with E-state index in [1.165, 1.54) is 4.90 Å². The Morgan fingerprint density at radius 3 is 2.82 bits per heavy atom. The molecule has 1 aromatic rings. The number of benzene rings is 1. The molecule has 4 heteroatoms. The summed E-state index contributed by atoms with van der Waals surface area (Å²) >= 11 is 5.12. The van der Waals surface area contributed by atoms with Crippen LogP contribution < -0.4 is 0 Å². The van der Waals surface area contributed by atoms with Crippen LogP contribution in [0.4, 0.5) is 0 Å². The smallest absolute Gasteiger partial charge is 0.0684 e. The zero-order valence-corrected chi connectivity index (χ0v) is 12.0. The van der Waals surface area contributed by atoms with Gasteiger partial charge >= 0.3 is 0 Å². The molecule has 1 aliphatic heterocycles. The van der Waals surface area contributed by atoms with Crippen molar-refractivity contribution in [3.63, 3.8) is 0 Å². The van der Waals surface area contributed by atoms with Gasteiger partial charge in [-0.1, -0.05) is 15.9 Å². The fraction of sp³-hybridized carbons (Fsp3) is 0.538. The lowest BCUT2D eigenvalue weighted by Gasteiger charge is -2.26. The first-order valence-electron chi connectivity index (χ1n) is 5.90. The fourth-order valence-electron chi connectivity index (χ4n) is 1.92. The van der Waals surface area contributed by atoms with Crippen molar-refractivity contribution in [2.75, 3.05) is 19.0 Å². The Labute approximate surface area is 115 Å². The molecule has 94 valence electrons. The molecule has 1 N–H and O–H groups in total. The second-order valence-corrected chi connectivity index (χ2v) is 6.32. The maximum absolute atomic E-state index is 10.1. The maximum atomic E-state index is 10.1. The van der Waals surface area contributed by atoms with E-state index in [0.29, 0.717) is 12.5 Å². The summed E-state index contributed by atoms with van der Waals surface area (Å²) in [6.45, 7) is 1.56. The first-order valence-corrected chi connectivity index (χ1v) is 7.68. The Balaban J connectivity index is 1.78. The van der Waals surface area contributed by atoms with Crippen LogP contribution in [0.5, 0.6) is 0 Å². The summed E-state index contributed by atoms with van der Waals surface area (Å²) in [6.07, 6.45) is 1.90. The number of thioether (sulfide) groups is 1. The molecule has 0 bridgehead atoms. The number of halogens is 1. The van der Waals surface area contributed by atoms with Gasteiger partial charge in [-0.05, 0) is 37.1 Å². The summed E-state index contributed by atoms with van der Waals surface area (Å²) in [6, 6.07) is 8.19. The fourth-order valence-corrected chi connectivity index (χ4v) is 3.15. The van der Waals surface area contributed by atoms with Gasteiger partial charge in [-0.25, -0.2) is 0 Å². The van der Waals surface area contributed by atoms with Crippen LogP contribution in [-0.2, 0) is 4.74 Å². The molecule has 2 atom stereocenters. The molecule has 0 amide bonds. The Hall–Kier alpha value is -0.0300. The molecule has 1 heterocycles. The number of aliphatic hydroxyl groups is 1. The lowest BCUT2D eigenvalue weighted by atomic mass is 9.97. The van der Waals surface area contributed by atoms with E-state index in [2.05, 4.69) is 28.1 Å². The molecule has 1 aliphatic rings. The standard InChI is InChI=1S/C13H17BrO2S/c14-11-3-5-12(6-4-11)17-9-13(15)10-2-1-7-16-8-10/h3-6,10,13,15H,1-2,7-9H2. The quantitative estimate of drug-likeness (QED) is 0.864. The van der Waals surface area contributed by atoms with Gasteiger partial charge in [0.1, 0.15) is 0 Å². The van der Waals surface area contributed by atoms with Gasteiger partial charge in [-0.15, -0.1) is 11.8 Å². The molecule has 0 spiro atoms. The molecule has 0 radical (unpaired) electrons. The highest BCUT2D eigenvalue weighted by Crippen LogP contribution is 2.25. The summed E-state index contributed by atoms with van der Waals surface area (Å²) in [7, 11) is 0. The van der Waals surface area contributed by atoms with Crippen LogP contribution in [0, 0.1) is 5.92 Å². The van der Waals surface area contributed by atoms with E-state index in [0.717, 1.165) is 29.7 Å². The predicted molar refractivity (Wildman–Crippen MR) is 74.4 cm³/mol. The molecule has 2 rings (SSSR count). The maximum Gasteiger partial charge on any atom is 0.0684 e. The molecule has 17 heavy (non-hydrogen) atoms. The first-order chi connectivity index (χ1) is 8.25. The van der Waals surface area contributed by atoms with Crippen molar-refractivity contribution in [3.8, 4) is 0 Å². The summed E-state index contributed by atoms with van der Waals surface area (Å²) in [5, 5.41) is 10.1. The lowest BCUT2D eigenvalue weighted by molar-refractivity contribution is -0.0000395. The molecule has 1 fully saturated rings. The summed E-state index contributed by atoms with van der Waals surface area (Å²) in [5.74, 6) is 1.06. The predicted octanol–water partition coefficient (Wildman–Crippen LogP) is 3.33. The van der Waals surface area contributed by atoms with Crippen molar-refractivity contribution in [3.05, 3.63) is 28.7 Å². The zero-order valence-electron chi connectivity index (χ0n) is 9.64. The Bertz CT molecular complexity index is 336. The van der Waals surface area contributed by atoms with Crippen molar-refractivity contribution in [2.24, 2.45) is 5.92 Å². The molecule has 1 saturated heterocycles. The van der Waals surface area contributed by atoms with E-state index in [9.17, 15) is 5.11 Å². The van der Waals surface area contributed by atoms with Crippen molar-refractivity contribution in [2.45, 2.75) is 23.8 Å². The summed E-state index contributed by atoms with van der Waals surface area (Å²) in [5.41, 5.74) is 0. The van der Waals surface area contributed by atoms with Gasteiger partial charge in [0.25, 0.3) is 0 Å². The van der Waals surface area contributed by atoms with Crippen LogP contribution >= 0.6 is 27.7 Å². The van der Waals surface area contributed by atoms with Gasteiger partial charge in [-0.2, -0.15) is 0 Å². The molecule has 1 aromatic carbocycles. The molecule has 2 unspecified atom stereocenters. The third-order valence-corrected chi connectivity index (χ3v) is 4.62. The topological polar surface area (TPSA) is 29.5 Å². The monoisotopic (exact) mass is 316 g/mol. The zero-order chi connectivity index (χ0) is 12.1. The van der Waals surface area contributed by atoms with Gasteiger partial charge in [0.15, 0.2) is 0 Å². The third kappa shape index (κ3) is 4.28. The van der Waals surface area contributed by atoms with Crippen LogP contribution in [0.2, 0.25) is 0 Å². The van der Waals surface area contributed by atoms with Gasteiger partial charge in [0, 0.05) is 27.6 Å². The number of hydrogen-bond donors (Lipinski definition) is 1. The van der Waals surface area contributed by atoms with E-state index in [4.69, 9.17) is 4.74 Å². The normalized spacial score (nSPS) is 22.4. The Morgan fingerprint density at radius 1 is 1.41 bits per heavy atom. The largest absolute Gasteiger partial charge is 0.392 e. The Morgan fingerprint density at radius 2 is 2.18 bits per heavy atom. The van der Waals surface area contributed by atoms with Crippen LogP contribution in [0.1, 0.15) is 12.8 Å². The van der Waals surface area contributed by atoms with Crippen LogP contribution in [0.25, 0.3) is 0 Å². The molecule has 0 aliphatic carbocycles. The SMILES string of the molecule is OC(CSc1ccc(Br)cc1)C1CCCOC1. The Kier molecular flexibility index (Phi) is 5.35. The van der Waals surface area contributed by atoms with E-state index in [1.807, 2.05) is 12.1 Å². The second-order valence-electron chi connectivity index (χ2n) is 4.31. The van der Waals surface area contributed by atoms with Gasteiger partial charge in [0.2, 0.25) is 0 Å². The minimum atomic E-state index is -0.260. The number of aliphatic hydroxyl groups excluding tert-OH is 1. The summed E-state index contributed by atoms with van der Waals surface area (Å²) < 4.78 is 6.48. The van der Waals surface area contributed by atoms with Crippen LogP contribution in [-0.4, -0.2) is 30.2 Å². The number of rotatable bonds is 4. The van der Waals surface area contributed by atoms with Gasteiger partial charge in [-0.3, -0.25) is 0 Å². The third-order valence-electron chi connectivity index (χ3n) is 2.97. The molecular formula is C13H17BrO2S. The minimum Gasteiger partial charge on any atom is -0.392 e. The van der Waals surface area contributed by atoms with E-state index < -0.39 is 0 Å². The number of ether oxygens (including phenoxy) is 1. The summed E-state index contributed by atoms with van der Waals surface area (Å²) in [4.78, 5) is 1.20. The van der Waals surface area contributed by atoms with Crippen LogP contribution in [0.3, 0.4) is 0 Å². The first kappa shape index (κ1) is 13.4. The van der Waals surface area contributed by atoms with Gasteiger partial charge < -0.3 is 9.84 Å². The molecule has 0 saturated carbocycles. The highest BCUT2D eigenvalue weighted by Gasteiger charge is 2.22. The van der Waals surface area contributed by atoms with Crippen molar-refractivity contribution in [1.82, 2.24) is 0 Å². The van der Waals surface area contributed by atoms with E-state index in [-0.39, 0.29) is 6.10 Å². The lowest BCUT2D eigenvalue weighted by Crippen LogP contribution is -2.30. The van der Waals surface area contributed by atoms with Crippen molar-refractivity contribution >= 4 is 27.7 Å². The van der Waals surface area contributed by atoms with E-state index >= 15 is 0 Å². The van der Waals surface area contributed by atoms with E-state index in [1.54, 1.807) is 11.8 Å². The number of hydrogen-bond acceptors (Lipinski definition) is 3. The average Bonchev–Trinajstić information content (AvgIpc) is 2.39. The molecular weight excluding hydrogens is 300 g/mol. The second kappa shape index (κ2) is 6.78.